The average Bonchev–Trinajstić information content (AvgIpc) is 3.12. The van der Waals surface area contributed by atoms with E-state index in [1.807, 2.05) is 12.1 Å². The average molecular weight is 426 g/mol. The molecule has 0 unspecified atom stereocenters. The van der Waals surface area contributed by atoms with E-state index in [-0.39, 0.29) is 0 Å². The Labute approximate surface area is 188 Å². The van der Waals surface area contributed by atoms with Gasteiger partial charge in [0.25, 0.3) is 0 Å². The summed E-state index contributed by atoms with van der Waals surface area (Å²) in [5, 5.41) is 3.34. The largest absolute Gasteiger partial charge is 0.331 e. The number of unbranched alkanes of at least 4 members (excludes halogenated alkanes) is 1. The Morgan fingerprint density at radius 3 is 2.35 bits per heavy atom. The molecule has 2 heterocycles. The molecule has 0 aliphatic heterocycles. The van der Waals surface area contributed by atoms with Crippen molar-refractivity contribution in [2.45, 2.75) is 32.9 Å². The minimum Gasteiger partial charge on any atom is -0.331 e. The Morgan fingerprint density at radius 1 is 0.806 bits per heavy atom. The quantitative estimate of drug-likeness (QED) is 0.253. The first-order valence-electron chi connectivity index (χ1n) is 11.0. The highest BCUT2D eigenvalue weighted by atomic mass is 35.5. The van der Waals surface area contributed by atoms with Crippen molar-refractivity contribution < 1.29 is 4.57 Å². The van der Waals surface area contributed by atoms with Gasteiger partial charge in [-0.3, -0.25) is 0 Å². The number of pyridine rings is 1. The molecule has 0 aliphatic carbocycles. The van der Waals surface area contributed by atoms with E-state index in [0.29, 0.717) is 0 Å². The highest BCUT2D eigenvalue weighted by Crippen LogP contribution is 2.36. The smallest absolute Gasteiger partial charge is 0.238 e. The zero-order valence-corrected chi connectivity index (χ0v) is 18.5. The molecule has 2 nitrogen and oxygen atoms in total. The first kappa shape index (κ1) is 19.8. The highest BCUT2D eigenvalue weighted by molar-refractivity contribution is 6.33. The number of nitrogens with zero attached hydrogens (tertiary/aromatic N) is 2. The summed E-state index contributed by atoms with van der Waals surface area (Å²) in [4.78, 5) is 0. The van der Waals surface area contributed by atoms with Crippen LogP contribution >= 0.6 is 11.6 Å². The topological polar surface area (TPSA) is 8.81 Å². The molecule has 5 aromatic rings. The van der Waals surface area contributed by atoms with Crippen LogP contribution in [0.1, 0.15) is 25.3 Å². The molecule has 0 N–H and O–H groups in total. The lowest BCUT2D eigenvalue weighted by atomic mass is 10.1. The maximum absolute atomic E-state index is 6.75. The number of aromatic nitrogens is 2. The number of halogens is 1. The summed E-state index contributed by atoms with van der Waals surface area (Å²) in [7, 11) is 0. The fraction of sp³-hybridized carbons (Fsp3) is 0.179. The van der Waals surface area contributed by atoms with Gasteiger partial charge in [0.15, 0.2) is 6.20 Å². The van der Waals surface area contributed by atoms with Crippen molar-refractivity contribution in [1.82, 2.24) is 4.57 Å². The van der Waals surface area contributed by atoms with E-state index in [4.69, 9.17) is 11.6 Å². The molecule has 5 rings (SSSR count). The van der Waals surface area contributed by atoms with Crippen molar-refractivity contribution in [2.24, 2.45) is 0 Å². The summed E-state index contributed by atoms with van der Waals surface area (Å²) in [5.41, 5.74) is 6.07. The van der Waals surface area contributed by atoms with Gasteiger partial charge in [-0.2, -0.15) is 4.57 Å². The summed E-state index contributed by atoms with van der Waals surface area (Å²) in [5.74, 6) is 0. The van der Waals surface area contributed by atoms with Crippen molar-refractivity contribution in [1.29, 1.82) is 0 Å². The van der Waals surface area contributed by atoms with Crippen LogP contribution < -0.4 is 4.57 Å². The zero-order valence-electron chi connectivity index (χ0n) is 17.8. The molecular weight excluding hydrogens is 400 g/mol. The summed E-state index contributed by atoms with van der Waals surface area (Å²) in [6, 6.07) is 29.9. The minimum absolute atomic E-state index is 0.789. The van der Waals surface area contributed by atoms with Crippen LogP contribution in [-0.2, 0) is 13.1 Å². The summed E-state index contributed by atoms with van der Waals surface area (Å²) < 4.78 is 4.84. The molecule has 0 aliphatic rings. The van der Waals surface area contributed by atoms with Crippen molar-refractivity contribution in [3.8, 4) is 11.3 Å². The van der Waals surface area contributed by atoms with E-state index in [0.717, 1.165) is 36.5 Å². The molecule has 3 heteroatoms. The molecule has 0 radical (unpaired) electrons. The van der Waals surface area contributed by atoms with E-state index in [9.17, 15) is 0 Å². The Hall–Kier alpha value is -3.10. The first-order chi connectivity index (χ1) is 15.3. The number of benzene rings is 3. The predicted molar refractivity (Wildman–Crippen MR) is 131 cm³/mol. The Balaban J connectivity index is 1.88. The van der Waals surface area contributed by atoms with Gasteiger partial charge in [-0.05, 0) is 23.8 Å². The van der Waals surface area contributed by atoms with Crippen molar-refractivity contribution >= 4 is 33.4 Å². The maximum Gasteiger partial charge on any atom is 0.238 e. The van der Waals surface area contributed by atoms with Gasteiger partial charge in [-0.25, -0.2) is 0 Å². The van der Waals surface area contributed by atoms with Gasteiger partial charge >= 0.3 is 0 Å². The first-order valence-corrected chi connectivity index (χ1v) is 11.4. The molecule has 0 atom stereocenters. The molecule has 31 heavy (non-hydrogen) atoms. The van der Waals surface area contributed by atoms with Gasteiger partial charge in [-0.1, -0.05) is 85.6 Å². The Morgan fingerprint density at radius 2 is 1.55 bits per heavy atom. The Kier molecular flexibility index (Phi) is 5.48. The van der Waals surface area contributed by atoms with Crippen molar-refractivity contribution in [3.05, 3.63) is 102 Å². The molecule has 0 bridgehead atoms. The van der Waals surface area contributed by atoms with E-state index >= 15 is 0 Å². The standard InChI is InChI=1S/C28H26ClN2/c1-2-3-18-30-19-17-23-22-13-8-10-16-26(22)31(20-21-11-5-4-6-12-21)28(23)27(30)24-14-7-9-15-25(24)29/h4-17,19H,2-3,18,20H2,1H3/q+1. The molecular formula is C28H26ClN2+. The number of rotatable bonds is 6. The van der Waals surface area contributed by atoms with E-state index in [1.165, 1.54) is 33.1 Å². The Bertz CT molecular complexity index is 1350. The van der Waals surface area contributed by atoms with E-state index in [2.05, 4.69) is 95.1 Å². The van der Waals surface area contributed by atoms with Crippen LogP contribution in [0.3, 0.4) is 0 Å². The lowest BCUT2D eigenvalue weighted by molar-refractivity contribution is -0.685. The van der Waals surface area contributed by atoms with Gasteiger partial charge in [0.05, 0.1) is 10.6 Å². The third-order valence-electron chi connectivity index (χ3n) is 6.01. The van der Waals surface area contributed by atoms with Gasteiger partial charge < -0.3 is 4.57 Å². The van der Waals surface area contributed by atoms with Crippen molar-refractivity contribution in [2.75, 3.05) is 0 Å². The van der Waals surface area contributed by atoms with Crippen LogP contribution in [0.5, 0.6) is 0 Å². The molecule has 3 aromatic carbocycles. The predicted octanol–water partition coefficient (Wildman–Crippen LogP) is 7.25. The molecule has 0 amide bonds. The second kappa shape index (κ2) is 8.56. The highest BCUT2D eigenvalue weighted by Gasteiger charge is 2.25. The molecule has 154 valence electrons. The van der Waals surface area contributed by atoms with Gasteiger partial charge in [-0.15, -0.1) is 0 Å². The van der Waals surface area contributed by atoms with Crippen LogP contribution in [0.15, 0.2) is 91.1 Å². The number of hydrogen-bond acceptors (Lipinski definition) is 0. The molecule has 0 saturated carbocycles. The molecule has 0 spiro atoms. The van der Waals surface area contributed by atoms with Crippen molar-refractivity contribution in [3.63, 3.8) is 0 Å². The van der Waals surface area contributed by atoms with E-state index < -0.39 is 0 Å². The number of fused-ring (bicyclic) bond motifs is 3. The summed E-state index contributed by atoms with van der Waals surface area (Å²) in [6.07, 6.45) is 4.52. The SMILES string of the molecule is CCCC[n+]1ccc2c3ccccc3n(Cc3ccccc3)c2c1-c1ccccc1Cl. The lowest BCUT2D eigenvalue weighted by Gasteiger charge is -2.12. The summed E-state index contributed by atoms with van der Waals surface area (Å²) >= 11 is 6.75. The minimum atomic E-state index is 0.789. The monoisotopic (exact) mass is 425 g/mol. The molecule has 0 fully saturated rings. The van der Waals surface area contributed by atoms with Crippen LogP contribution in [0, 0.1) is 0 Å². The van der Waals surface area contributed by atoms with Crippen LogP contribution in [0.2, 0.25) is 5.02 Å². The third kappa shape index (κ3) is 3.62. The second-order valence-corrected chi connectivity index (χ2v) is 8.45. The fourth-order valence-corrected chi connectivity index (χ4v) is 4.74. The fourth-order valence-electron chi connectivity index (χ4n) is 4.51. The van der Waals surface area contributed by atoms with Crippen LogP contribution in [-0.4, -0.2) is 4.57 Å². The second-order valence-electron chi connectivity index (χ2n) is 8.04. The number of hydrogen-bond donors (Lipinski definition) is 0. The maximum atomic E-state index is 6.75. The number of para-hydroxylation sites is 1. The third-order valence-corrected chi connectivity index (χ3v) is 6.34. The lowest BCUT2D eigenvalue weighted by Crippen LogP contribution is -2.36. The van der Waals surface area contributed by atoms with Crippen LogP contribution in [0.4, 0.5) is 0 Å². The van der Waals surface area contributed by atoms with Gasteiger partial charge in [0.2, 0.25) is 5.69 Å². The van der Waals surface area contributed by atoms with Gasteiger partial charge in [0.1, 0.15) is 12.1 Å². The van der Waals surface area contributed by atoms with Gasteiger partial charge in [0, 0.05) is 35.3 Å². The van der Waals surface area contributed by atoms with E-state index in [1.54, 1.807) is 0 Å². The zero-order chi connectivity index (χ0) is 21.2. The molecule has 2 aromatic heterocycles. The normalized spacial score (nSPS) is 11.4. The molecule has 0 saturated heterocycles. The summed E-state index contributed by atoms with van der Waals surface area (Å²) in [6.45, 7) is 4.03. The van der Waals surface area contributed by atoms with Crippen LogP contribution in [0.25, 0.3) is 33.1 Å². The number of aryl methyl sites for hydroxylation is 1.